The molecule has 90 valence electrons. The molecule has 3 unspecified atom stereocenters. The van der Waals surface area contributed by atoms with Gasteiger partial charge in [0.1, 0.15) is 0 Å². The Morgan fingerprint density at radius 3 is 2.60 bits per heavy atom. The second kappa shape index (κ2) is 5.31. The van der Waals surface area contributed by atoms with E-state index in [9.17, 15) is 0 Å². The van der Waals surface area contributed by atoms with Gasteiger partial charge in [-0.1, -0.05) is 27.2 Å². The van der Waals surface area contributed by atoms with E-state index in [4.69, 9.17) is 4.74 Å². The molecule has 0 bridgehead atoms. The predicted octanol–water partition coefficient (Wildman–Crippen LogP) is 2.78. The van der Waals surface area contributed by atoms with Crippen molar-refractivity contribution in [2.75, 3.05) is 26.7 Å². The summed E-state index contributed by atoms with van der Waals surface area (Å²) in [5.74, 6) is 0.733. The molecule has 0 aromatic heterocycles. The molecule has 15 heavy (non-hydrogen) atoms. The van der Waals surface area contributed by atoms with Gasteiger partial charge in [-0.2, -0.15) is 0 Å². The first kappa shape index (κ1) is 13.0. The quantitative estimate of drug-likeness (QED) is 0.696. The number of rotatable bonds is 5. The topological polar surface area (TPSA) is 12.5 Å². The molecule has 0 aromatic rings. The molecular weight excluding hydrogens is 186 g/mol. The highest BCUT2D eigenvalue weighted by atomic mass is 16.5. The zero-order valence-corrected chi connectivity index (χ0v) is 11.0. The Labute approximate surface area is 95.0 Å². The van der Waals surface area contributed by atoms with Crippen LogP contribution in [-0.4, -0.2) is 37.7 Å². The van der Waals surface area contributed by atoms with E-state index >= 15 is 0 Å². The minimum absolute atomic E-state index is 0.361. The van der Waals surface area contributed by atoms with Crippen LogP contribution in [0.15, 0.2) is 0 Å². The SMILES string of the molecule is CCCC1C(C)OCC1(C)CN(C)CC. The van der Waals surface area contributed by atoms with Gasteiger partial charge in [0, 0.05) is 12.0 Å². The molecule has 0 amide bonds. The van der Waals surface area contributed by atoms with Crippen LogP contribution < -0.4 is 0 Å². The number of hydrogen-bond acceptors (Lipinski definition) is 2. The molecule has 3 atom stereocenters. The van der Waals surface area contributed by atoms with Crippen LogP contribution in [0.4, 0.5) is 0 Å². The van der Waals surface area contributed by atoms with Crippen LogP contribution in [0.2, 0.25) is 0 Å². The monoisotopic (exact) mass is 213 g/mol. The lowest BCUT2D eigenvalue weighted by Crippen LogP contribution is -2.39. The summed E-state index contributed by atoms with van der Waals surface area (Å²) in [5.41, 5.74) is 0.361. The Morgan fingerprint density at radius 1 is 1.40 bits per heavy atom. The fourth-order valence-electron chi connectivity index (χ4n) is 2.90. The molecule has 0 aromatic carbocycles. The lowest BCUT2D eigenvalue weighted by Gasteiger charge is -2.34. The third-order valence-corrected chi connectivity index (χ3v) is 3.91. The molecule has 1 fully saturated rings. The van der Waals surface area contributed by atoms with Crippen molar-refractivity contribution in [1.82, 2.24) is 4.90 Å². The Morgan fingerprint density at radius 2 is 2.07 bits per heavy atom. The average molecular weight is 213 g/mol. The van der Waals surface area contributed by atoms with Gasteiger partial charge in [0.25, 0.3) is 0 Å². The van der Waals surface area contributed by atoms with Gasteiger partial charge in [-0.3, -0.25) is 0 Å². The summed E-state index contributed by atoms with van der Waals surface area (Å²) >= 11 is 0. The molecule has 0 N–H and O–H groups in total. The molecule has 1 aliphatic heterocycles. The molecule has 0 spiro atoms. The summed E-state index contributed by atoms with van der Waals surface area (Å²) in [5, 5.41) is 0. The first-order chi connectivity index (χ1) is 7.03. The standard InChI is InChI=1S/C13H27NO/c1-6-8-12-11(3)15-10-13(12,4)9-14(5)7-2/h11-12H,6-10H2,1-5H3. The van der Waals surface area contributed by atoms with E-state index in [2.05, 4.69) is 39.6 Å². The maximum absolute atomic E-state index is 5.85. The maximum atomic E-state index is 5.85. The minimum Gasteiger partial charge on any atom is -0.378 e. The molecular formula is C13H27NO. The lowest BCUT2D eigenvalue weighted by atomic mass is 9.74. The van der Waals surface area contributed by atoms with E-state index in [0.717, 1.165) is 19.1 Å². The van der Waals surface area contributed by atoms with Gasteiger partial charge in [-0.25, -0.2) is 0 Å². The van der Waals surface area contributed by atoms with Gasteiger partial charge in [0.2, 0.25) is 0 Å². The first-order valence-electron chi connectivity index (χ1n) is 6.33. The Kier molecular flexibility index (Phi) is 4.60. The zero-order valence-electron chi connectivity index (χ0n) is 11.0. The van der Waals surface area contributed by atoms with E-state index in [0.29, 0.717) is 11.5 Å². The van der Waals surface area contributed by atoms with E-state index in [-0.39, 0.29) is 0 Å². The molecule has 2 heteroatoms. The Bertz CT molecular complexity index is 195. The Hall–Kier alpha value is -0.0800. The summed E-state index contributed by atoms with van der Waals surface area (Å²) < 4.78 is 5.85. The molecule has 1 rings (SSSR count). The van der Waals surface area contributed by atoms with Crippen LogP contribution in [-0.2, 0) is 4.74 Å². The van der Waals surface area contributed by atoms with Crippen molar-refractivity contribution in [1.29, 1.82) is 0 Å². The molecule has 1 aliphatic rings. The maximum Gasteiger partial charge on any atom is 0.0581 e. The van der Waals surface area contributed by atoms with Gasteiger partial charge in [0.05, 0.1) is 12.7 Å². The second-order valence-electron chi connectivity index (χ2n) is 5.40. The molecule has 2 nitrogen and oxygen atoms in total. The zero-order chi connectivity index (χ0) is 11.5. The molecule has 1 heterocycles. The van der Waals surface area contributed by atoms with E-state index in [1.165, 1.54) is 19.4 Å². The summed E-state index contributed by atoms with van der Waals surface area (Å²) in [6.07, 6.45) is 3.01. The van der Waals surface area contributed by atoms with Crippen molar-refractivity contribution in [2.24, 2.45) is 11.3 Å². The molecule has 0 radical (unpaired) electrons. The van der Waals surface area contributed by atoms with E-state index in [1.807, 2.05) is 0 Å². The number of ether oxygens (including phenoxy) is 1. The molecule has 0 saturated carbocycles. The van der Waals surface area contributed by atoms with Crippen molar-refractivity contribution in [3.8, 4) is 0 Å². The van der Waals surface area contributed by atoms with Crippen LogP contribution in [0, 0.1) is 11.3 Å². The predicted molar refractivity (Wildman–Crippen MR) is 65.1 cm³/mol. The molecule has 0 aliphatic carbocycles. The first-order valence-corrected chi connectivity index (χ1v) is 6.33. The van der Waals surface area contributed by atoms with Crippen molar-refractivity contribution in [3.05, 3.63) is 0 Å². The highest BCUT2D eigenvalue weighted by Gasteiger charge is 2.43. The molecule has 1 saturated heterocycles. The number of hydrogen-bond donors (Lipinski definition) is 0. The lowest BCUT2D eigenvalue weighted by molar-refractivity contribution is 0.0974. The summed E-state index contributed by atoms with van der Waals surface area (Å²) in [6, 6.07) is 0. The van der Waals surface area contributed by atoms with E-state index < -0.39 is 0 Å². The van der Waals surface area contributed by atoms with Crippen LogP contribution in [0.5, 0.6) is 0 Å². The third-order valence-electron chi connectivity index (χ3n) is 3.91. The van der Waals surface area contributed by atoms with Crippen molar-refractivity contribution in [2.45, 2.75) is 46.6 Å². The summed E-state index contributed by atoms with van der Waals surface area (Å²) in [7, 11) is 2.21. The van der Waals surface area contributed by atoms with Crippen LogP contribution in [0.1, 0.15) is 40.5 Å². The minimum atomic E-state index is 0.361. The Balaban J connectivity index is 2.64. The summed E-state index contributed by atoms with van der Waals surface area (Å²) in [6.45, 7) is 12.3. The van der Waals surface area contributed by atoms with Crippen LogP contribution in [0.3, 0.4) is 0 Å². The largest absolute Gasteiger partial charge is 0.378 e. The van der Waals surface area contributed by atoms with Crippen molar-refractivity contribution in [3.63, 3.8) is 0 Å². The second-order valence-corrected chi connectivity index (χ2v) is 5.40. The van der Waals surface area contributed by atoms with Gasteiger partial charge >= 0.3 is 0 Å². The summed E-state index contributed by atoms with van der Waals surface area (Å²) in [4.78, 5) is 2.41. The smallest absolute Gasteiger partial charge is 0.0581 e. The van der Waals surface area contributed by atoms with Crippen LogP contribution in [0.25, 0.3) is 0 Å². The van der Waals surface area contributed by atoms with Crippen molar-refractivity contribution < 1.29 is 4.74 Å². The van der Waals surface area contributed by atoms with Gasteiger partial charge in [-0.15, -0.1) is 0 Å². The normalized spacial score (nSPS) is 36.4. The van der Waals surface area contributed by atoms with Crippen molar-refractivity contribution >= 4 is 0 Å². The van der Waals surface area contributed by atoms with Crippen LogP contribution >= 0.6 is 0 Å². The van der Waals surface area contributed by atoms with Gasteiger partial charge in [-0.05, 0) is 32.9 Å². The average Bonchev–Trinajstić information content (AvgIpc) is 2.46. The third kappa shape index (κ3) is 2.94. The van der Waals surface area contributed by atoms with E-state index in [1.54, 1.807) is 0 Å². The number of nitrogens with zero attached hydrogens (tertiary/aromatic N) is 1. The highest BCUT2D eigenvalue weighted by Crippen LogP contribution is 2.41. The fraction of sp³-hybridized carbons (Fsp3) is 1.00. The van der Waals surface area contributed by atoms with Gasteiger partial charge in [0.15, 0.2) is 0 Å². The van der Waals surface area contributed by atoms with Gasteiger partial charge < -0.3 is 9.64 Å². The highest BCUT2D eigenvalue weighted by molar-refractivity contribution is 4.92. The fourth-order valence-corrected chi connectivity index (χ4v) is 2.90.